The van der Waals surface area contributed by atoms with Crippen molar-refractivity contribution in [2.75, 3.05) is 18.5 Å². The zero-order valence-corrected chi connectivity index (χ0v) is 16.0. The van der Waals surface area contributed by atoms with Crippen LogP contribution in [-0.4, -0.2) is 24.1 Å². The molecule has 0 saturated carbocycles. The Kier molecular flexibility index (Phi) is 6.54. The second-order valence-corrected chi connectivity index (χ2v) is 6.30. The SMILES string of the molecule is CCOC(=O)c1cnc(-c2ccccc2C#N)cc1NCCc1cccc(F)c1. The van der Waals surface area contributed by atoms with E-state index < -0.39 is 5.97 Å². The first-order valence-corrected chi connectivity index (χ1v) is 9.27. The lowest BCUT2D eigenvalue weighted by Crippen LogP contribution is -2.13. The molecule has 146 valence electrons. The zero-order chi connectivity index (χ0) is 20.6. The van der Waals surface area contributed by atoms with Crippen LogP contribution in [0.15, 0.2) is 60.8 Å². The summed E-state index contributed by atoms with van der Waals surface area (Å²) in [6, 6.07) is 17.4. The van der Waals surface area contributed by atoms with Crippen LogP contribution in [0.25, 0.3) is 11.3 Å². The number of hydrogen-bond acceptors (Lipinski definition) is 5. The van der Waals surface area contributed by atoms with Gasteiger partial charge in [-0.05, 0) is 43.2 Å². The molecule has 0 bridgehead atoms. The lowest BCUT2D eigenvalue weighted by Gasteiger charge is -2.13. The predicted octanol–water partition coefficient (Wildman–Crippen LogP) is 4.59. The Bertz CT molecular complexity index is 1060. The molecule has 1 heterocycles. The van der Waals surface area contributed by atoms with Gasteiger partial charge in [-0.25, -0.2) is 9.18 Å². The van der Waals surface area contributed by atoms with Crippen LogP contribution in [0.3, 0.4) is 0 Å². The molecule has 0 saturated heterocycles. The topological polar surface area (TPSA) is 75.0 Å². The summed E-state index contributed by atoms with van der Waals surface area (Å²) < 4.78 is 18.5. The monoisotopic (exact) mass is 389 g/mol. The summed E-state index contributed by atoms with van der Waals surface area (Å²) in [7, 11) is 0. The van der Waals surface area contributed by atoms with Crippen LogP contribution in [0.5, 0.6) is 0 Å². The third kappa shape index (κ3) is 4.96. The Labute approximate surface area is 168 Å². The summed E-state index contributed by atoms with van der Waals surface area (Å²) >= 11 is 0. The van der Waals surface area contributed by atoms with Crippen molar-refractivity contribution in [2.45, 2.75) is 13.3 Å². The third-order valence-corrected chi connectivity index (χ3v) is 4.34. The molecule has 0 amide bonds. The van der Waals surface area contributed by atoms with Gasteiger partial charge in [-0.3, -0.25) is 4.98 Å². The minimum Gasteiger partial charge on any atom is -0.462 e. The maximum atomic E-state index is 13.4. The van der Waals surface area contributed by atoms with E-state index in [9.17, 15) is 14.4 Å². The average Bonchev–Trinajstić information content (AvgIpc) is 2.74. The highest BCUT2D eigenvalue weighted by Gasteiger charge is 2.16. The number of anilines is 1. The maximum absolute atomic E-state index is 13.4. The molecule has 0 spiro atoms. The molecule has 0 unspecified atom stereocenters. The molecule has 0 aliphatic rings. The average molecular weight is 389 g/mol. The van der Waals surface area contributed by atoms with Crippen LogP contribution in [0.4, 0.5) is 10.1 Å². The highest BCUT2D eigenvalue weighted by molar-refractivity contribution is 5.96. The highest BCUT2D eigenvalue weighted by atomic mass is 19.1. The number of hydrogen-bond donors (Lipinski definition) is 1. The van der Waals surface area contributed by atoms with E-state index in [4.69, 9.17) is 4.74 Å². The molecule has 29 heavy (non-hydrogen) atoms. The van der Waals surface area contributed by atoms with Crippen LogP contribution in [0.2, 0.25) is 0 Å². The molecular formula is C23H20FN3O2. The van der Waals surface area contributed by atoms with Crippen molar-refractivity contribution in [3.8, 4) is 17.3 Å². The van der Waals surface area contributed by atoms with Crippen molar-refractivity contribution in [2.24, 2.45) is 0 Å². The standard InChI is InChI=1S/C23H20FN3O2/c1-2-29-23(28)20-15-27-21(19-9-4-3-7-17(19)14-25)13-22(20)26-11-10-16-6-5-8-18(24)12-16/h3-9,12-13,15H,2,10-11H2,1H3,(H,26,27). The molecule has 3 aromatic rings. The van der Waals surface area contributed by atoms with Gasteiger partial charge in [0, 0.05) is 18.3 Å². The summed E-state index contributed by atoms with van der Waals surface area (Å²) in [5.41, 5.74) is 3.46. The molecule has 0 atom stereocenters. The van der Waals surface area contributed by atoms with Gasteiger partial charge in [0.2, 0.25) is 0 Å². The Morgan fingerprint density at radius 1 is 1.21 bits per heavy atom. The first kappa shape index (κ1) is 20.0. The minimum absolute atomic E-state index is 0.251. The number of pyridine rings is 1. The molecule has 0 aliphatic heterocycles. The number of nitrogens with one attached hydrogen (secondary N) is 1. The summed E-state index contributed by atoms with van der Waals surface area (Å²) in [6.07, 6.45) is 2.03. The van der Waals surface area contributed by atoms with E-state index >= 15 is 0 Å². The fourth-order valence-electron chi connectivity index (χ4n) is 2.96. The molecule has 0 fully saturated rings. The molecule has 6 heteroatoms. The van der Waals surface area contributed by atoms with Gasteiger partial charge < -0.3 is 10.1 Å². The van der Waals surface area contributed by atoms with Gasteiger partial charge in [0.05, 0.1) is 29.6 Å². The number of carbonyl (C=O) groups excluding carboxylic acids is 1. The number of nitriles is 1. The van der Waals surface area contributed by atoms with Crippen molar-refractivity contribution in [3.05, 3.63) is 83.3 Å². The fraction of sp³-hybridized carbons (Fsp3) is 0.174. The smallest absolute Gasteiger partial charge is 0.341 e. The largest absolute Gasteiger partial charge is 0.462 e. The number of aromatic nitrogens is 1. The van der Waals surface area contributed by atoms with E-state index in [-0.39, 0.29) is 12.4 Å². The van der Waals surface area contributed by atoms with Crippen LogP contribution in [0.1, 0.15) is 28.4 Å². The molecule has 0 radical (unpaired) electrons. The highest BCUT2D eigenvalue weighted by Crippen LogP contribution is 2.26. The quantitative estimate of drug-likeness (QED) is 0.598. The molecule has 2 aromatic carbocycles. The molecule has 0 aliphatic carbocycles. The molecular weight excluding hydrogens is 369 g/mol. The summed E-state index contributed by atoms with van der Waals surface area (Å²) in [5.74, 6) is -0.762. The molecule has 1 N–H and O–H groups in total. The van der Waals surface area contributed by atoms with Crippen LogP contribution >= 0.6 is 0 Å². The van der Waals surface area contributed by atoms with Gasteiger partial charge in [-0.1, -0.05) is 30.3 Å². The number of halogens is 1. The Hall–Kier alpha value is -3.72. The number of rotatable bonds is 7. The Morgan fingerprint density at radius 2 is 2.03 bits per heavy atom. The predicted molar refractivity (Wildman–Crippen MR) is 109 cm³/mol. The third-order valence-electron chi connectivity index (χ3n) is 4.34. The van der Waals surface area contributed by atoms with Gasteiger partial charge in [-0.2, -0.15) is 5.26 Å². The summed E-state index contributed by atoms with van der Waals surface area (Å²) in [6.45, 7) is 2.47. The lowest BCUT2D eigenvalue weighted by atomic mass is 10.0. The number of ether oxygens (including phenoxy) is 1. The van der Waals surface area contributed by atoms with E-state index in [0.717, 1.165) is 5.56 Å². The summed E-state index contributed by atoms with van der Waals surface area (Å²) in [4.78, 5) is 16.7. The molecule has 3 rings (SSSR count). The van der Waals surface area contributed by atoms with Gasteiger partial charge in [0.25, 0.3) is 0 Å². The first-order valence-electron chi connectivity index (χ1n) is 9.27. The van der Waals surface area contributed by atoms with Crippen molar-refractivity contribution < 1.29 is 13.9 Å². The van der Waals surface area contributed by atoms with Crippen molar-refractivity contribution >= 4 is 11.7 Å². The molecule has 1 aromatic heterocycles. The summed E-state index contributed by atoms with van der Waals surface area (Å²) in [5, 5.41) is 12.6. The first-order chi connectivity index (χ1) is 14.1. The van der Waals surface area contributed by atoms with Gasteiger partial charge in [-0.15, -0.1) is 0 Å². The molecule has 5 nitrogen and oxygen atoms in total. The lowest BCUT2D eigenvalue weighted by molar-refractivity contribution is 0.0527. The van der Waals surface area contributed by atoms with E-state index in [0.29, 0.717) is 41.0 Å². The van der Waals surface area contributed by atoms with E-state index in [1.807, 2.05) is 12.1 Å². The second-order valence-electron chi connectivity index (χ2n) is 6.30. The van der Waals surface area contributed by atoms with Crippen LogP contribution in [0, 0.1) is 17.1 Å². The zero-order valence-electron chi connectivity index (χ0n) is 16.0. The number of carbonyl (C=O) groups is 1. The van der Waals surface area contributed by atoms with E-state index in [2.05, 4.69) is 16.4 Å². The normalized spacial score (nSPS) is 10.2. The number of nitrogens with zero attached hydrogens (tertiary/aromatic N) is 2. The van der Waals surface area contributed by atoms with E-state index in [1.165, 1.54) is 18.3 Å². The Morgan fingerprint density at radius 3 is 2.79 bits per heavy atom. The van der Waals surface area contributed by atoms with E-state index in [1.54, 1.807) is 37.3 Å². The fourth-order valence-corrected chi connectivity index (χ4v) is 2.96. The van der Waals surface area contributed by atoms with Crippen molar-refractivity contribution in [1.29, 1.82) is 5.26 Å². The minimum atomic E-state index is -0.478. The van der Waals surface area contributed by atoms with Crippen LogP contribution in [-0.2, 0) is 11.2 Å². The van der Waals surface area contributed by atoms with Crippen molar-refractivity contribution in [3.63, 3.8) is 0 Å². The van der Waals surface area contributed by atoms with Crippen LogP contribution < -0.4 is 5.32 Å². The number of benzene rings is 2. The second kappa shape index (κ2) is 9.47. The Balaban J connectivity index is 1.89. The van der Waals surface area contributed by atoms with Crippen molar-refractivity contribution in [1.82, 2.24) is 4.98 Å². The van der Waals surface area contributed by atoms with Gasteiger partial charge in [0.15, 0.2) is 0 Å². The maximum Gasteiger partial charge on any atom is 0.341 e. The van der Waals surface area contributed by atoms with Gasteiger partial charge >= 0.3 is 5.97 Å². The number of esters is 1. The van der Waals surface area contributed by atoms with Gasteiger partial charge in [0.1, 0.15) is 11.4 Å².